The Bertz CT molecular complexity index is 352. The van der Waals surface area contributed by atoms with Gasteiger partial charge >= 0.3 is 0 Å². The normalized spacial score (nSPS) is 9.77. The van der Waals surface area contributed by atoms with Gasteiger partial charge in [-0.3, -0.25) is 10.1 Å². The number of nitro benzene ring substituents is 1. The van der Waals surface area contributed by atoms with Crippen molar-refractivity contribution in [2.75, 3.05) is 12.4 Å². The fourth-order valence-electron chi connectivity index (χ4n) is 1.14. The van der Waals surface area contributed by atoms with Crippen molar-refractivity contribution in [3.63, 3.8) is 0 Å². The van der Waals surface area contributed by atoms with Crippen LogP contribution in [-0.4, -0.2) is 12.0 Å². The Morgan fingerprint density at radius 1 is 1.54 bits per heavy atom. The molecule has 13 heavy (non-hydrogen) atoms. The summed E-state index contributed by atoms with van der Waals surface area (Å²) in [6.07, 6.45) is 0. The molecule has 0 spiro atoms. The third-order valence-electron chi connectivity index (χ3n) is 1.76. The second kappa shape index (κ2) is 3.62. The molecule has 0 aliphatic carbocycles. The molecule has 1 rings (SSSR count). The van der Waals surface area contributed by atoms with E-state index in [1.807, 2.05) is 0 Å². The zero-order valence-corrected chi connectivity index (χ0v) is 8.05. The van der Waals surface area contributed by atoms with Crippen LogP contribution in [0.25, 0.3) is 0 Å². The first-order valence-electron chi connectivity index (χ1n) is 3.69. The standard InChI is InChI=1S/C8H9ClN2O2/c1-5-3-4-6(9)7(10-2)8(5)11(12)13/h3-4,10H,1-2H3. The van der Waals surface area contributed by atoms with Gasteiger partial charge in [-0.1, -0.05) is 17.7 Å². The topological polar surface area (TPSA) is 55.2 Å². The molecule has 1 aromatic carbocycles. The van der Waals surface area contributed by atoms with Gasteiger partial charge in [0.25, 0.3) is 5.69 Å². The quantitative estimate of drug-likeness (QED) is 0.590. The first kappa shape index (κ1) is 9.80. The van der Waals surface area contributed by atoms with Crippen LogP contribution in [0.3, 0.4) is 0 Å². The maximum atomic E-state index is 10.7. The van der Waals surface area contributed by atoms with Crippen LogP contribution in [0.5, 0.6) is 0 Å². The molecule has 0 fully saturated rings. The Morgan fingerprint density at radius 3 is 2.54 bits per heavy atom. The number of nitro groups is 1. The van der Waals surface area contributed by atoms with Crippen molar-refractivity contribution in [1.82, 2.24) is 0 Å². The first-order chi connectivity index (χ1) is 6.07. The highest BCUT2D eigenvalue weighted by Crippen LogP contribution is 2.34. The average Bonchev–Trinajstić information content (AvgIpc) is 2.07. The zero-order chi connectivity index (χ0) is 10.0. The van der Waals surface area contributed by atoms with E-state index in [4.69, 9.17) is 11.6 Å². The molecular formula is C8H9ClN2O2. The minimum Gasteiger partial charge on any atom is -0.381 e. The van der Waals surface area contributed by atoms with Gasteiger partial charge in [0.2, 0.25) is 0 Å². The van der Waals surface area contributed by atoms with Gasteiger partial charge < -0.3 is 5.32 Å². The summed E-state index contributed by atoms with van der Waals surface area (Å²) < 4.78 is 0. The van der Waals surface area contributed by atoms with Crippen molar-refractivity contribution in [3.8, 4) is 0 Å². The molecule has 0 aliphatic rings. The van der Waals surface area contributed by atoms with E-state index in [9.17, 15) is 10.1 Å². The van der Waals surface area contributed by atoms with Crippen molar-refractivity contribution in [1.29, 1.82) is 0 Å². The molecule has 5 heteroatoms. The fourth-order valence-corrected chi connectivity index (χ4v) is 1.39. The summed E-state index contributed by atoms with van der Waals surface area (Å²) in [4.78, 5) is 10.2. The van der Waals surface area contributed by atoms with Crippen molar-refractivity contribution < 1.29 is 4.92 Å². The van der Waals surface area contributed by atoms with Gasteiger partial charge in [0.15, 0.2) is 0 Å². The minimum absolute atomic E-state index is 0.0370. The molecule has 0 aliphatic heterocycles. The molecule has 70 valence electrons. The minimum atomic E-state index is -0.437. The van der Waals surface area contributed by atoms with E-state index in [-0.39, 0.29) is 5.69 Å². The third-order valence-corrected chi connectivity index (χ3v) is 2.08. The SMILES string of the molecule is CNc1c(Cl)ccc(C)c1[N+](=O)[O-]. The third kappa shape index (κ3) is 1.72. The predicted octanol–water partition coefficient (Wildman–Crippen LogP) is 2.60. The van der Waals surface area contributed by atoms with Crippen LogP contribution in [0, 0.1) is 17.0 Å². The van der Waals surface area contributed by atoms with Crippen LogP contribution in [0.2, 0.25) is 5.02 Å². The molecule has 0 atom stereocenters. The molecule has 0 aromatic heterocycles. The lowest BCUT2D eigenvalue weighted by Crippen LogP contribution is -1.99. The molecule has 0 unspecified atom stereocenters. The molecule has 1 N–H and O–H groups in total. The Kier molecular flexibility index (Phi) is 2.72. The highest BCUT2D eigenvalue weighted by Gasteiger charge is 2.18. The maximum Gasteiger partial charge on any atom is 0.296 e. The molecule has 0 saturated carbocycles. The van der Waals surface area contributed by atoms with Crippen molar-refractivity contribution in [2.24, 2.45) is 0 Å². The number of anilines is 1. The summed E-state index contributed by atoms with van der Waals surface area (Å²) in [7, 11) is 1.60. The highest BCUT2D eigenvalue weighted by atomic mass is 35.5. The largest absolute Gasteiger partial charge is 0.381 e. The zero-order valence-electron chi connectivity index (χ0n) is 7.30. The number of aryl methyl sites for hydroxylation is 1. The number of hydrogen-bond acceptors (Lipinski definition) is 3. The molecular weight excluding hydrogens is 192 g/mol. The molecule has 4 nitrogen and oxygen atoms in total. The van der Waals surface area contributed by atoms with Crippen LogP contribution < -0.4 is 5.32 Å². The lowest BCUT2D eigenvalue weighted by Gasteiger charge is -2.05. The molecule has 0 bridgehead atoms. The van der Waals surface area contributed by atoms with Gasteiger partial charge in [-0.2, -0.15) is 0 Å². The number of halogens is 1. The number of hydrogen-bond donors (Lipinski definition) is 1. The second-order valence-corrected chi connectivity index (χ2v) is 3.00. The van der Waals surface area contributed by atoms with Gasteiger partial charge in [-0.15, -0.1) is 0 Å². The Labute approximate surface area is 80.7 Å². The average molecular weight is 201 g/mol. The van der Waals surface area contributed by atoms with E-state index >= 15 is 0 Å². The summed E-state index contributed by atoms with van der Waals surface area (Å²) in [6.45, 7) is 1.68. The predicted molar refractivity (Wildman–Crippen MR) is 52.4 cm³/mol. The summed E-state index contributed by atoms with van der Waals surface area (Å²) in [5.74, 6) is 0. The van der Waals surface area contributed by atoms with E-state index in [1.54, 1.807) is 26.1 Å². The van der Waals surface area contributed by atoms with Crippen molar-refractivity contribution in [2.45, 2.75) is 6.92 Å². The lowest BCUT2D eigenvalue weighted by atomic mass is 10.1. The molecule has 0 saturated heterocycles. The van der Waals surface area contributed by atoms with Gasteiger partial charge in [0.05, 0.1) is 9.95 Å². The molecule has 1 aromatic rings. The van der Waals surface area contributed by atoms with Crippen LogP contribution >= 0.6 is 11.6 Å². The number of nitrogens with one attached hydrogen (secondary N) is 1. The summed E-state index contributed by atoms with van der Waals surface area (Å²) in [5, 5.41) is 13.7. The van der Waals surface area contributed by atoms with Gasteiger partial charge in [0.1, 0.15) is 5.69 Å². The van der Waals surface area contributed by atoms with E-state index < -0.39 is 4.92 Å². The first-order valence-corrected chi connectivity index (χ1v) is 4.07. The summed E-state index contributed by atoms with van der Waals surface area (Å²) in [6, 6.07) is 3.26. The molecule has 0 radical (unpaired) electrons. The van der Waals surface area contributed by atoms with E-state index in [0.717, 1.165) is 0 Å². The smallest absolute Gasteiger partial charge is 0.296 e. The van der Waals surface area contributed by atoms with E-state index in [2.05, 4.69) is 5.32 Å². The van der Waals surface area contributed by atoms with Crippen LogP contribution in [0.1, 0.15) is 5.56 Å². The monoisotopic (exact) mass is 200 g/mol. The number of rotatable bonds is 2. The van der Waals surface area contributed by atoms with E-state index in [0.29, 0.717) is 16.3 Å². The van der Waals surface area contributed by atoms with Crippen molar-refractivity contribution >= 4 is 23.0 Å². The van der Waals surface area contributed by atoms with Gasteiger partial charge in [-0.25, -0.2) is 0 Å². The Hall–Kier alpha value is -1.29. The highest BCUT2D eigenvalue weighted by molar-refractivity contribution is 6.33. The van der Waals surface area contributed by atoms with Gasteiger partial charge in [0, 0.05) is 12.6 Å². The Morgan fingerprint density at radius 2 is 2.15 bits per heavy atom. The van der Waals surface area contributed by atoms with E-state index in [1.165, 1.54) is 0 Å². The van der Waals surface area contributed by atoms with Crippen LogP contribution in [-0.2, 0) is 0 Å². The summed E-state index contributed by atoms with van der Waals surface area (Å²) in [5.41, 5.74) is 1.00. The maximum absolute atomic E-state index is 10.7. The van der Waals surface area contributed by atoms with Crippen LogP contribution in [0.15, 0.2) is 12.1 Å². The summed E-state index contributed by atoms with van der Waals surface area (Å²) >= 11 is 5.78. The fraction of sp³-hybridized carbons (Fsp3) is 0.250. The van der Waals surface area contributed by atoms with Crippen molar-refractivity contribution in [3.05, 3.63) is 32.8 Å². The number of benzene rings is 1. The van der Waals surface area contributed by atoms with Crippen LogP contribution in [0.4, 0.5) is 11.4 Å². The Balaban J connectivity index is 3.43. The lowest BCUT2D eigenvalue weighted by molar-refractivity contribution is -0.384. The number of nitrogens with zero attached hydrogens (tertiary/aromatic N) is 1. The molecule has 0 amide bonds. The second-order valence-electron chi connectivity index (χ2n) is 2.60. The van der Waals surface area contributed by atoms with Gasteiger partial charge in [-0.05, 0) is 13.0 Å². The molecule has 0 heterocycles.